The lowest BCUT2D eigenvalue weighted by Gasteiger charge is -2.10. The first-order valence-electron chi connectivity index (χ1n) is 5.20. The van der Waals surface area contributed by atoms with E-state index in [4.69, 9.17) is 23.2 Å². The van der Waals surface area contributed by atoms with E-state index in [0.29, 0.717) is 16.6 Å². The molecule has 18 heavy (non-hydrogen) atoms. The standard InChI is InChI=1S/C13H9BrCl2FN/c14-10-5-4-9(17)6-8(10)7-18-12-3-1-2-11(15)13(12)16/h1-6,18H,7H2. The van der Waals surface area contributed by atoms with E-state index in [0.717, 1.165) is 15.7 Å². The third-order valence-electron chi connectivity index (χ3n) is 2.43. The van der Waals surface area contributed by atoms with Crippen molar-refractivity contribution in [2.75, 3.05) is 5.32 Å². The third-order valence-corrected chi connectivity index (χ3v) is 4.02. The van der Waals surface area contributed by atoms with Gasteiger partial charge in [-0.3, -0.25) is 0 Å². The highest BCUT2D eigenvalue weighted by Crippen LogP contribution is 2.30. The molecular weight excluding hydrogens is 340 g/mol. The molecule has 0 aliphatic carbocycles. The summed E-state index contributed by atoms with van der Waals surface area (Å²) in [6, 6.07) is 9.88. The Kier molecular flexibility index (Phi) is 4.49. The van der Waals surface area contributed by atoms with Crippen molar-refractivity contribution in [3.63, 3.8) is 0 Å². The quantitative estimate of drug-likeness (QED) is 0.771. The predicted octanol–water partition coefficient (Wildman–Crippen LogP) is 5.51. The fourth-order valence-electron chi connectivity index (χ4n) is 1.51. The fourth-order valence-corrected chi connectivity index (χ4v) is 2.26. The van der Waals surface area contributed by atoms with Crippen molar-refractivity contribution >= 4 is 44.8 Å². The Labute approximate surface area is 123 Å². The molecule has 0 aliphatic heterocycles. The molecule has 0 amide bonds. The number of nitrogens with one attached hydrogen (secondary N) is 1. The Balaban J connectivity index is 2.16. The Morgan fingerprint density at radius 2 is 1.94 bits per heavy atom. The molecule has 0 atom stereocenters. The maximum Gasteiger partial charge on any atom is 0.123 e. The Hall–Kier alpha value is -0.770. The summed E-state index contributed by atoms with van der Waals surface area (Å²) >= 11 is 15.3. The summed E-state index contributed by atoms with van der Waals surface area (Å²) < 4.78 is 14.0. The number of hydrogen-bond acceptors (Lipinski definition) is 1. The van der Waals surface area contributed by atoms with Crippen molar-refractivity contribution < 1.29 is 4.39 Å². The zero-order valence-corrected chi connectivity index (χ0v) is 12.3. The monoisotopic (exact) mass is 347 g/mol. The molecule has 5 heteroatoms. The van der Waals surface area contributed by atoms with Crippen LogP contribution in [0.5, 0.6) is 0 Å². The third kappa shape index (κ3) is 3.16. The molecule has 2 aromatic rings. The first kappa shape index (κ1) is 13.7. The molecule has 2 aromatic carbocycles. The van der Waals surface area contributed by atoms with Gasteiger partial charge in [-0.1, -0.05) is 45.2 Å². The first-order chi connectivity index (χ1) is 8.58. The maximum absolute atomic E-state index is 13.1. The van der Waals surface area contributed by atoms with Gasteiger partial charge in [-0.15, -0.1) is 0 Å². The summed E-state index contributed by atoms with van der Waals surface area (Å²) in [4.78, 5) is 0. The minimum atomic E-state index is -0.271. The minimum absolute atomic E-state index is 0.271. The van der Waals surface area contributed by atoms with Gasteiger partial charge in [-0.2, -0.15) is 0 Å². The van der Waals surface area contributed by atoms with Gasteiger partial charge in [0, 0.05) is 11.0 Å². The Bertz CT molecular complexity index is 573. The lowest BCUT2D eigenvalue weighted by Crippen LogP contribution is -2.01. The average Bonchev–Trinajstić information content (AvgIpc) is 2.35. The van der Waals surface area contributed by atoms with E-state index in [2.05, 4.69) is 21.2 Å². The van der Waals surface area contributed by atoms with Crippen LogP contribution in [0.15, 0.2) is 40.9 Å². The zero-order valence-electron chi connectivity index (χ0n) is 9.18. The van der Waals surface area contributed by atoms with Gasteiger partial charge in [0.2, 0.25) is 0 Å². The van der Waals surface area contributed by atoms with Crippen LogP contribution in [0.25, 0.3) is 0 Å². The van der Waals surface area contributed by atoms with E-state index in [1.54, 1.807) is 18.2 Å². The lowest BCUT2D eigenvalue weighted by atomic mass is 10.2. The van der Waals surface area contributed by atoms with Gasteiger partial charge in [-0.05, 0) is 35.9 Å². The molecule has 0 aliphatic rings. The van der Waals surface area contributed by atoms with Gasteiger partial charge in [-0.25, -0.2) is 4.39 Å². The van der Waals surface area contributed by atoms with E-state index in [-0.39, 0.29) is 5.82 Å². The van der Waals surface area contributed by atoms with Crippen molar-refractivity contribution in [3.05, 3.63) is 62.3 Å². The Morgan fingerprint density at radius 1 is 1.17 bits per heavy atom. The van der Waals surface area contributed by atoms with Crippen LogP contribution in [-0.2, 0) is 6.54 Å². The summed E-state index contributed by atoms with van der Waals surface area (Å²) in [5, 5.41) is 4.08. The van der Waals surface area contributed by atoms with Crippen LogP contribution in [-0.4, -0.2) is 0 Å². The second kappa shape index (κ2) is 5.91. The molecule has 0 saturated heterocycles. The molecule has 0 fully saturated rings. The van der Waals surface area contributed by atoms with Crippen LogP contribution in [0, 0.1) is 5.82 Å². The summed E-state index contributed by atoms with van der Waals surface area (Å²) in [7, 11) is 0. The molecule has 0 heterocycles. The number of rotatable bonds is 3. The van der Waals surface area contributed by atoms with Crippen molar-refractivity contribution in [2.45, 2.75) is 6.54 Å². The molecule has 1 N–H and O–H groups in total. The maximum atomic E-state index is 13.1. The number of anilines is 1. The van der Waals surface area contributed by atoms with Crippen molar-refractivity contribution in [3.8, 4) is 0 Å². The molecule has 1 nitrogen and oxygen atoms in total. The fraction of sp³-hybridized carbons (Fsp3) is 0.0769. The SMILES string of the molecule is Fc1ccc(Br)c(CNc2cccc(Cl)c2Cl)c1. The Morgan fingerprint density at radius 3 is 2.72 bits per heavy atom. The molecule has 2 rings (SSSR count). The number of benzene rings is 2. The average molecular weight is 349 g/mol. The van der Waals surface area contributed by atoms with Crippen LogP contribution in [0.1, 0.15) is 5.56 Å². The smallest absolute Gasteiger partial charge is 0.123 e. The molecule has 0 unspecified atom stereocenters. The first-order valence-corrected chi connectivity index (χ1v) is 6.74. The molecule has 94 valence electrons. The van der Waals surface area contributed by atoms with Gasteiger partial charge < -0.3 is 5.32 Å². The van der Waals surface area contributed by atoms with E-state index in [9.17, 15) is 4.39 Å². The van der Waals surface area contributed by atoms with E-state index in [1.807, 2.05) is 6.07 Å². The lowest BCUT2D eigenvalue weighted by molar-refractivity contribution is 0.625. The van der Waals surface area contributed by atoms with Crippen molar-refractivity contribution in [1.29, 1.82) is 0 Å². The summed E-state index contributed by atoms with van der Waals surface area (Å²) in [6.45, 7) is 0.457. The number of hydrogen-bond donors (Lipinski definition) is 1. The van der Waals surface area contributed by atoms with Gasteiger partial charge in [0.1, 0.15) is 5.82 Å². The van der Waals surface area contributed by atoms with E-state index in [1.165, 1.54) is 12.1 Å². The largest absolute Gasteiger partial charge is 0.380 e. The topological polar surface area (TPSA) is 12.0 Å². The molecule has 0 radical (unpaired) electrons. The van der Waals surface area contributed by atoms with E-state index < -0.39 is 0 Å². The summed E-state index contributed by atoms with van der Waals surface area (Å²) in [5.74, 6) is -0.271. The van der Waals surface area contributed by atoms with Gasteiger partial charge in [0.05, 0.1) is 15.7 Å². The van der Waals surface area contributed by atoms with Gasteiger partial charge in [0.15, 0.2) is 0 Å². The predicted molar refractivity (Wildman–Crippen MR) is 77.9 cm³/mol. The normalized spacial score (nSPS) is 10.4. The summed E-state index contributed by atoms with van der Waals surface area (Å²) in [6.07, 6.45) is 0. The minimum Gasteiger partial charge on any atom is -0.380 e. The van der Waals surface area contributed by atoms with Crippen LogP contribution in [0.3, 0.4) is 0 Å². The van der Waals surface area contributed by atoms with Crippen LogP contribution in [0.2, 0.25) is 10.0 Å². The van der Waals surface area contributed by atoms with Crippen LogP contribution >= 0.6 is 39.1 Å². The van der Waals surface area contributed by atoms with Crippen LogP contribution in [0.4, 0.5) is 10.1 Å². The van der Waals surface area contributed by atoms with Gasteiger partial charge >= 0.3 is 0 Å². The zero-order chi connectivity index (χ0) is 13.1. The van der Waals surface area contributed by atoms with Crippen LogP contribution < -0.4 is 5.32 Å². The molecule has 0 saturated carbocycles. The number of halogens is 4. The van der Waals surface area contributed by atoms with Gasteiger partial charge in [0.25, 0.3) is 0 Å². The van der Waals surface area contributed by atoms with Crippen molar-refractivity contribution in [2.24, 2.45) is 0 Å². The molecular formula is C13H9BrCl2FN. The highest BCUT2D eigenvalue weighted by atomic mass is 79.9. The summed E-state index contributed by atoms with van der Waals surface area (Å²) in [5.41, 5.74) is 1.53. The molecule has 0 spiro atoms. The highest BCUT2D eigenvalue weighted by molar-refractivity contribution is 9.10. The highest BCUT2D eigenvalue weighted by Gasteiger charge is 2.06. The van der Waals surface area contributed by atoms with Crippen molar-refractivity contribution in [1.82, 2.24) is 0 Å². The van der Waals surface area contributed by atoms with E-state index >= 15 is 0 Å². The second-order valence-corrected chi connectivity index (χ2v) is 5.33. The molecule has 0 bridgehead atoms. The second-order valence-electron chi connectivity index (χ2n) is 3.69. The molecule has 0 aromatic heterocycles.